The third-order valence-electron chi connectivity index (χ3n) is 4.26. The highest BCUT2D eigenvalue weighted by Crippen LogP contribution is 2.16. The Morgan fingerprint density at radius 3 is 2.52 bits per heavy atom. The minimum atomic E-state index is -0.636. The second-order valence-electron chi connectivity index (χ2n) is 7.09. The topological polar surface area (TPSA) is 70.2 Å². The normalized spacial score (nSPS) is 21.1. The number of hydrogen-bond acceptors (Lipinski definition) is 3. The first-order chi connectivity index (χ1) is 11.5. The van der Waals surface area contributed by atoms with E-state index in [9.17, 15) is 9.59 Å². The minimum absolute atomic E-state index is 0. The molecule has 1 aliphatic rings. The number of nitrogens with one attached hydrogen (secondary N) is 3. The highest BCUT2D eigenvalue weighted by Gasteiger charge is 2.27. The Morgan fingerprint density at radius 2 is 1.92 bits per heavy atom. The minimum Gasteiger partial charge on any atom is -0.351 e. The summed E-state index contributed by atoms with van der Waals surface area (Å²) in [6.07, 6.45) is 2.24. The van der Waals surface area contributed by atoms with Crippen molar-refractivity contribution in [2.45, 2.75) is 58.2 Å². The average molecular weight is 368 g/mol. The maximum atomic E-state index is 12.8. The van der Waals surface area contributed by atoms with Crippen molar-refractivity contribution >= 4 is 24.2 Å². The van der Waals surface area contributed by atoms with Crippen LogP contribution in [0.2, 0.25) is 0 Å². The summed E-state index contributed by atoms with van der Waals surface area (Å²) < 4.78 is 0. The molecule has 25 heavy (non-hydrogen) atoms. The Hall–Kier alpha value is -1.59. The molecule has 0 saturated carbocycles. The molecule has 1 aromatic rings. The second kappa shape index (κ2) is 10.4. The molecule has 2 rings (SSSR count). The van der Waals surface area contributed by atoms with E-state index >= 15 is 0 Å². The van der Waals surface area contributed by atoms with Gasteiger partial charge in [-0.3, -0.25) is 9.59 Å². The molecule has 1 aromatic carbocycles. The lowest BCUT2D eigenvalue weighted by molar-refractivity contribution is -0.130. The number of benzene rings is 1. The molecule has 140 valence electrons. The zero-order valence-electron chi connectivity index (χ0n) is 15.2. The molecule has 1 heterocycles. The Balaban J connectivity index is 0.00000312. The Labute approximate surface area is 156 Å². The van der Waals surface area contributed by atoms with Gasteiger partial charge in [0, 0.05) is 18.5 Å². The van der Waals surface area contributed by atoms with Crippen LogP contribution in [0.25, 0.3) is 0 Å². The smallest absolute Gasteiger partial charge is 0.247 e. The fourth-order valence-electron chi connectivity index (χ4n) is 3.08. The van der Waals surface area contributed by atoms with Crippen molar-refractivity contribution in [3.05, 3.63) is 35.9 Å². The zero-order chi connectivity index (χ0) is 17.5. The number of carbonyl (C=O) groups excluding carboxylic acids is 2. The van der Waals surface area contributed by atoms with E-state index in [1.165, 1.54) is 0 Å². The van der Waals surface area contributed by atoms with Crippen molar-refractivity contribution < 1.29 is 9.59 Å². The molecule has 1 fully saturated rings. The molecule has 5 nitrogen and oxygen atoms in total. The number of halogens is 1. The van der Waals surface area contributed by atoms with Crippen LogP contribution in [0.3, 0.4) is 0 Å². The van der Waals surface area contributed by atoms with Gasteiger partial charge in [-0.2, -0.15) is 0 Å². The van der Waals surface area contributed by atoms with E-state index in [-0.39, 0.29) is 36.2 Å². The number of hydrogen-bond donors (Lipinski definition) is 3. The summed E-state index contributed by atoms with van der Waals surface area (Å²) >= 11 is 0. The standard InChI is InChI=1S/C19H29N3O2.ClH/c1-13(2)11-17(23)22-18(15-7-5-4-6-8-15)19(24)21-16-9-10-20-14(3)12-16;/h4-8,13-14,16,18,20H,9-12H2,1-3H3,(H,21,24)(H,22,23);1H. The number of amides is 2. The van der Waals surface area contributed by atoms with Crippen molar-refractivity contribution in [2.24, 2.45) is 5.92 Å². The Kier molecular flexibility index (Phi) is 8.93. The fraction of sp³-hybridized carbons (Fsp3) is 0.579. The van der Waals surface area contributed by atoms with Crippen molar-refractivity contribution in [3.8, 4) is 0 Å². The number of piperidine rings is 1. The third-order valence-corrected chi connectivity index (χ3v) is 4.26. The lowest BCUT2D eigenvalue weighted by Gasteiger charge is -2.30. The molecule has 3 N–H and O–H groups in total. The molecule has 6 heteroatoms. The van der Waals surface area contributed by atoms with Gasteiger partial charge in [-0.05, 0) is 37.8 Å². The lowest BCUT2D eigenvalue weighted by atomic mass is 9.99. The summed E-state index contributed by atoms with van der Waals surface area (Å²) in [5.74, 6) is 0.0415. The van der Waals surface area contributed by atoms with Crippen LogP contribution >= 0.6 is 12.4 Å². The van der Waals surface area contributed by atoms with E-state index in [1.807, 2.05) is 44.2 Å². The first kappa shape index (κ1) is 21.5. The van der Waals surface area contributed by atoms with Gasteiger partial charge in [-0.1, -0.05) is 44.2 Å². The summed E-state index contributed by atoms with van der Waals surface area (Å²) in [7, 11) is 0. The quantitative estimate of drug-likeness (QED) is 0.723. The van der Waals surface area contributed by atoms with Crippen LogP contribution in [-0.4, -0.2) is 30.4 Å². The highest BCUT2D eigenvalue weighted by molar-refractivity contribution is 5.88. The molecule has 1 saturated heterocycles. The lowest BCUT2D eigenvalue weighted by Crippen LogP contribution is -2.50. The van der Waals surface area contributed by atoms with Gasteiger partial charge in [-0.15, -0.1) is 12.4 Å². The summed E-state index contributed by atoms with van der Waals surface area (Å²) in [5, 5.41) is 9.39. The van der Waals surface area contributed by atoms with Crippen LogP contribution < -0.4 is 16.0 Å². The van der Waals surface area contributed by atoms with E-state index in [1.54, 1.807) is 0 Å². The van der Waals surface area contributed by atoms with Gasteiger partial charge in [0.25, 0.3) is 0 Å². The molecule has 0 spiro atoms. The highest BCUT2D eigenvalue weighted by atomic mass is 35.5. The molecule has 0 aromatic heterocycles. The summed E-state index contributed by atoms with van der Waals surface area (Å²) in [4.78, 5) is 25.0. The van der Waals surface area contributed by atoms with Crippen LogP contribution in [0.5, 0.6) is 0 Å². The molecular weight excluding hydrogens is 338 g/mol. The van der Waals surface area contributed by atoms with E-state index in [2.05, 4.69) is 22.9 Å². The maximum absolute atomic E-state index is 12.8. The van der Waals surface area contributed by atoms with Gasteiger partial charge in [0.2, 0.25) is 11.8 Å². The van der Waals surface area contributed by atoms with Crippen molar-refractivity contribution in [2.75, 3.05) is 6.54 Å². The van der Waals surface area contributed by atoms with E-state index in [0.717, 1.165) is 24.9 Å². The van der Waals surface area contributed by atoms with Gasteiger partial charge in [0.15, 0.2) is 0 Å². The van der Waals surface area contributed by atoms with Gasteiger partial charge in [-0.25, -0.2) is 0 Å². The summed E-state index contributed by atoms with van der Waals surface area (Å²) in [6.45, 7) is 7.01. The monoisotopic (exact) mass is 367 g/mol. The van der Waals surface area contributed by atoms with Gasteiger partial charge in [0.1, 0.15) is 6.04 Å². The van der Waals surface area contributed by atoms with Gasteiger partial charge >= 0.3 is 0 Å². The van der Waals surface area contributed by atoms with Crippen LogP contribution in [0.15, 0.2) is 30.3 Å². The molecule has 0 radical (unpaired) electrons. The molecule has 0 bridgehead atoms. The predicted molar refractivity (Wildman–Crippen MR) is 103 cm³/mol. The van der Waals surface area contributed by atoms with Crippen LogP contribution in [-0.2, 0) is 9.59 Å². The zero-order valence-corrected chi connectivity index (χ0v) is 16.1. The first-order valence-corrected chi connectivity index (χ1v) is 8.83. The summed E-state index contributed by atoms with van der Waals surface area (Å²) in [5.41, 5.74) is 0.814. The fourth-order valence-corrected chi connectivity index (χ4v) is 3.08. The average Bonchev–Trinajstić information content (AvgIpc) is 2.52. The predicted octanol–water partition coefficient (Wildman–Crippen LogP) is 2.57. The number of rotatable bonds is 6. The van der Waals surface area contributed by atoms with Gasteiger partial charge in [0.05, 0.1) is 0 Å². The van der Waals surface area contributed by atoms with E-state index in [4.69, 9.17) is 0 Å². The number of carbonyl (C=O) groups is 2. The van der Waals surface area contributed by atoms with E-state index < -0.39 is 6.04 Å². The molecule has 3 unspecified atom stereocenters. The van der Waals surface area contributed by atoms with Crippen molar-refractivity contribution in [1.82, 2.24) is 16.0 Å². The van der Waals surface area contributed by atoms with Crippen LogP contribution in [0.4, 0.5) is 0 Å². The molecule has 3 atom stereocenters. The second-order valence-corrected chi connectivity index (χ2v) is 7.09. The van der Waals surface area contributed by atoms with Crippen LogP contribution in [0.1, 0.15) is 51.6 Å². The Morgan fingerprint density at radius 1 is 1.24 bits per heavy atom. The molecule has 0 aliphatic carbocycles. The third kappa shape index (κ3) is 7.04. The molecular formula is C19H30ClN3O2. The SMILES string of the molecule is CC(C)CC(=O)NC(C(=O)NC1CCNC(C)C1)c1ccccc1.Cl. The van der Waals surface area contributed by atoms with Crippen LogP contribution in [0, 0.1) is 5.92 Å². The van der Waals surface area contributed by atoms with E-state index in [0.29, 0.717) is 12.5 Å². The Bertz CT molecular complexity index is 551. The summed E-state index contributed by atoms with van der Waals surface area (Å²) in [6, 6.07) is 9.35. The largest absolute Gasteiger partial charge is 0.351 e. The first-order valence-electron chi connectivity index (χ1n) is 8.83. The molecule has 2 amide bonds. The maximum Gasteiger partial charge on any atom is 0.247 e. The van der Waals surface area contributed by atoms with Crippen molar-refractivity contribution in [1.29, 1.82) is 0 Å². The van der Waals surface area contributed by atoms with Crippen molar-refractivity contribution in [3.63, 3.8) is 0 Å². The van der Waals surface area contributed by atoms with Gasteiger partial charge < -0.3 is 16.0 Å². The molecule has 1 aliphatic heterocycles.